The van der Waals surface area contributed by atoms with Gasteiger partial charge in [-0.05, 0) is 55.6 Å². The first-order valence-electron chi connectivity index (χ1n) is 8.92. The molecule has 144 valence electrons. The molecule has 1 aromatic heterocycles. The largest absolute Gasteiger partial charge is 0.336 e. The minimum absolute atomic E-state index is 0.175. The number of likely N-dealkylation sites (tertiary alicyclic amines) is 1. The normalized spacial score (nSPS) is 15.3. The molecule has 8 heteroatoms. The fraction of sp³-hybridized carbons (Fsp3) is 0.368. The Hall–Kier alpha value is -2.09. The lowest BCUT2D eigenvalue weighted by molar-refractivity contribution is -0.114. The van der Waals surface area contributed by atoms with Gasteiger partial charge in [0.25, 0.3) is 0 Å². The highest BCUT2D eigenvalue weighted by Crippen LogP contribution is 2.28. The Labute approximate surface area is 167 Å². The third kappa shape index (κ3) is 5.45. The van der Waals surface area contributed by atoms with Crippen LogP contribution in [0.4, 0.5) is 16.2 Å². The fourth-order valence-electron chi connectivity index (χ4n) is 3.20. The number of carbonyl (C=O) groups excluding carboxylic acids is 2. The molecule has 3 N–H and O–H groups in total. The van der Waals surface area contributed by atoms with Gasteiger partial charge in [-0.25, -0.2) is 4.79 Å². The summed E-state index contributed by atoms with van der Waals surface area (Å²) in [6.07, 6.45) is 2.40. The van der Waals surface area contributed by atoms with E-state index in [0.29, 0.717) is 22.9 Å². The van der Waals surface area contributed by atoms with Gasteiger partial charge in [-0.15, -0.1) is 11.3 Å². The number of benzene rings is 1. The highest BCUT2D eigenvalue weighted by molar-refractivity contribution is 7.10. The van der Waals surface area contributed by atoms with Crippen molar-refractivity contribution < 1.29 is 9.59 Å². The Kier molecular flexibility index (Phi) is 6.71. The van der Waals surface area contributed by atoms with E-state index in [1.165, 1.54) is 24.6 Å². The molecule has 1 fully saturated rings. The molecule has 3 amide bonds. The standard InChI is InChI=1S/C19H23ClN4O2S/c1-13(25)22-14-6-7-16(15(20)11-14)23-19(26)21-12-17(18-5-4-10-27-18)24-8-2-3-9-24/h4-7,10-11,17H,2-3,8-9,12H2,1H3,(H,22,25)(H2,21,23,26). The van der Waals surface area contributed by atoms with Gasteiger partial charge in [-0.1, -0.05) is 17.7 Å². The van der Waals surface area contributed by atoms with Crippen LogP contribution in [0.25, 0.3) is 0 Å². The highest BCUT2D eigenvalue weighted by atomic mass is 35.5. The van der Waals surface area contributed by atoms with Crippen LogP contribution in [0.15, 0.2) is 35.7 Å². The van der Waals surface area contributed by atoms with Gasteiger partial charge in [0.15, 0.2) is 0 Å². The molecule has 0 bridgehead atoms. The zero-order valence-corrected chi connectivity index (χ0v) is 16.7. The molecular formula is C19H23ClN4O2S. The van der Waals surface area contributed by atoms with Crippen molar-refractivity contribution in [1.29, 1.82) is 0 Å². The van der Waals surface area contributed by atoms with Crippen LogP contribution in [0.3, 0.4) is 0 Å². The zero-order valence-electron chi connectivity index (χ0n) is 15.1. The van der Waals surface area contributed by atoms with Gasteiger partial charge in [-0.2, -0.15) is 0 Å². The van der Waals surface area contributed by atoms with Crippen LogP contribution in [0.2, 0.25) is 5.02 Å². The number of urea groups is 1. The molecular weight excluding hydrogens is 384 g/mol. The van der Waals surface area contributed by atoms with E-state index in [0.717, 1.165) is 13.1 Å². The van der Waals surface area contributed by atoms with Crippen molar-refractivity contribution in [2.24, 2.45) is 0 Å². The average molecular weight is 407 g/mol. The van der Waals surface area contributed by atoms with Crippen LogP contribution in [-0.2, 0) is 4.79 Å². The molecule has 2 aromatic rings. The predicted molar refractivity (Wildman–Crippen MR) is 111 cm³/mol. The number of carbonyl (C=O) groups is 2. The predicted octanol–water partition coefficient (Wildman–Crippen LogP) is 4.32. The Bertz CT molecular complexity index is 791. The van der Waals surface area contributed by atoms with E-state index in [9.17, 15) is 9.59 Å². The maximum atomic E-state index is 12.4. The van der Waals surface area contributed by atoms with Crippen LogP contribution < -0.4 is 16.0 Å². The van der Waals surface area contributed by atoms with Crippen molar-refractivity contribution in [2.75, 3.05) is 30.3 Å². The van der Waals surface area contributed by atoms with Crippen molar-refractivity contribution >= 4 is 46.3 Å². The molecule has 1 unspecified atom stereocenters. The number of amides is 3. The Morgan fingerprint density at radius 3 is 2.63 bits per heavy atom. The average Bonchev–Trinajstić information content (AvgIpc) is 3.31. The van der Waals surface area contributed by atoms with Gasteiger partial charge in [0.05, 0.1) is 16.8 Å². The highest BCUT2D eigenvalue weighted by Gasteiger charge is 2.24. The molecule has 3 rings (SSSR count). The van der Waals surface area contributed by atoms with E-state index in [1.807, 2.05) is 6.07 Å². The van der Waals surface area contributed by atoms with Gasteiger partial charge in [0, 0.05) is 24.0 Å². The molecule has 27 heavy (non-hydrogen) atoms. The molecule has 1 saturated heterocycles. The number of nitrogens with one attached hydrogen (secondary N) is 3. The minimum Gasteiger partial charge on any atom is -0.336 e. The van der Waals surface area contributed by atoms with Crippen molar-refractivity contribution in [2.45, 2.75) is 25.8 Å². The molecule has 0 saturated carbocycles. The van der Waals surface area contributed by atoms with Crippen molar-refractivity contribution in [3.63, 3.8) is 0 Å². The topological polar surface area (TPSA) is 73.5 Å². The molecule has 2 heterocycles. The number of hydrogen-bond acceptors (Lipinski definition) is 4. The second-order valence-corrected chi connectivity index (χ2v) is 7.87. The Morgan fingerprint density at radius 1 is 1.22 bits per heavy atom. The lowest BCUT2D eigenvalue weighted by Gasteiger charge is -2.27. The quantitative estimate of drug-likeness (QED) is 0.668. The zero-order chi connectivity index (χ0) is 19.2. The maximum Gasteiger partial charge on any atom is 0.319 e. The third-order valence-electron chi connectivity index (χ3n) is 4.45. The number of halogens is 1. The molecule has 1 atom stereocenters. The molecule has 1 aromatic carbocycles. The Balaban J connectivity index is 1.59. The summed E-state index contributed by atoms with van der Waals surface area (Å²) in [5.41, 5.74) is 1.09. The van der Waals surface area contributed by atoms with E-state index >= 15 is 0 Å². The minimum atomic E-state index is -0.301. The van der Waals surface area contributed by atoms with Crippen LogP contribution in [0.1, 0.15) is 30.7 Å². The number of thiophene rings is 1. The van der Waals surface area contributed by atoms with Crippen molar-refractivity contribution in [1.82, 2.24) is 10.2 Å². The molecule has 0 spiro atoms. The number of nitrogens with zero attached hydrogens (tertiary/aromatic N) is 1. The van der Waals surface area contributed by atoms with Gasteiger partial charge < -0.3 is 16.0 Å². The van der Waals surface area contributed by atoms with E-state index in [1.54, 1.807) is 29.5 Å². The first-order chi connectivity index (χ1) is 13.0. The molecule has 6 nitrogen and oxygen atoms in total. The molecule has 0 radical (unpaired) electrons. The van der Waals surface area contributed by atoms with Crippen LogP contribution >= 0.6 is 22.9 Å². The fourth-order valence-corrected chi connectivity index (χ4v) is 4.29. The van der Waals surface area contributed by atoms with E-state index in [2.05, 4.69) is 32.3 Å². The van der Waals surface area contributed by atoms with Gasteiger partial charge in [0.2, 0.25) is 5.91 Å². The van der Waals surface area contributed by atoms with Crippen molar-refractivity contribution in [3.05, 3.63) is 45.6 Å². The van der Waals surface area contributed by atoms with Gasteiger partial charge in [0.1, 0.15) is 0 Å². The summed E-state index contributed by atoms with van der Waals surface area (Å²) in [6.45, 7) is 4.08. The van der Waals surface area contributed by atoms with Crippen LogP contribution in [-0.4, -0.2) is 36.5 Å². The van der Waals surface area contributed by atoms with E-state index in [-0.39, 0.29) is 18.0 Å². The summed E-state index contributed by atoms with van der Waals surface area (Å²) in [5.74, 6) is -0.175. The summed E-state index contributed by atoms with van der Waals surface area (Å²) in [5, 5.41) is 10.8. The van der Waals surface area contributed by atoms with Gasteiger partial charge >= 0.3 is 6.03 Å². The first-order valence-corrected chi connectivity index (χ1v) is 10.2. The summed E-state index contributed by atoms with van der Waals surface area (Å²) in [7, 11) is 0. The summed E-state index contributed by atoms with van der Waals surface area (Å²) < 4.78 is 0. The Morgan fingerprint density at radius 2 is 2.00 bits per heavy atom. The summed E-state index contributed by atoms with van der Waals surface area (Å²) in [4.78, 5) is 27.1. The number of rotatable bonds is 6. The third-order valence-corrected chi connectivity index (χ3v) is 5.73. The monoisotopic (exact) mass is 406 g/mol. The SMILES string of the molecule is CC(=O)Nc1ccc(NC(=O)NCC(c2cccs2)N2CCCC2)c(Cl)c1. The summed E-state index contributed by atoms with van der Waals surface area (Å²) >= 11 is 7.92. The summed E-state index contributed by atoms with van der Waals surface area (Å²) in [6, 6.07) is 9.02. The van der Waals surface area contributed by atoms with Gasteiger partial charge in [-0.3, -0.25) is 9.69 Å². The molecule has 1 aliphatic heterocycles. The van der Waals surface area contributed by atoms with Crippen LogP contribution in [0, 0.1) is 0 Å². The number of anilines is 2. The van der Waals surface area contributed by atoms with Crippen molar-refractivity contribution in [3.8, 4) is 0 Å². The lowest BCUT2D eigenvalue weighted by atomic mass is 10.2. The lowest BCUT2D eigenvalue weighted by Crippen LogP contribution is -2.38. The van der Waals surface area contributed by atoms with E-state index < -0.39 is 0 Å². The smallest absolute Gasteiger partial charge is 0.319 e. The second kappa shape index (κ2) is 9.21. The number of hydrogen-bond donors (Lipinski definition) is 3. The first kappa shape index (κ1) is 19.7. The van der Waals surface area contributed by atoms with E-state index in [4.69, 9.17) is 11.6 Å². The van der Waals surface area contributed by atoms with Crippen LogP contribution in [0.5, 0.6) is 0 Å². The maximum absolute atomic E-state index is 12.4. The second-order valence-electron chi connectivity index (χ2n) is 6.49. The molecule has 1 aliphatic rings. The molecule has 0 aliphatic carbocycles.